The third-order valence-corrected chi connectivity index (χ3v) is 3.71. The lowest BCUT2D eigenvalue weighted by Gasteiger charge is -2.38. The molecule has 0 radical (unpaired) electrons. The van der Waals surface area contributed by atoms with Gasteiger partial charge in [-0.2, -0.15) is 5.26 Å². The van der Waals surface area contributed by atoms with Crippen LogP contribution in [0.4, 0.5) is 0 Å². The first kappa shape index (κ1) is 10.4. The van der Waals surface area contributed by atoms with Gasteiger partial charge in [-0.05, 0) is 25.0 Å². The summed E-state index contributed by atoms with van der Waals surface area (Å²) in [7, 11) is 0. The van der Waals surface area contributed by atoms with Crippen molar-refractivity contribution in [2.75, 3.05) is 0 Å². The predicted octanol–water partition coefficient (Wildman–Crippen LogP) is 3.16. The maximum Gasteiger partial charge on any atom is 0.135 e. The second kappa shape index (κ2) is 3.61. The summed E-state index contributed by atoms with van der Waals surface area (Å²) in [4.78, 5) is 0. The number of para-hydroxylation sites is 1. The van der Waals surface area contributed by atoms with Gasteiger partial charge in [0, 0.05) is 5.39 Å². The van der Waals surface area contributed by atoms with E-state index < -0.39 is 11.5 Å². The second-order valence-corrected chi connectivity index (χ2v) is 4.71. The SMILES string of the molecule is N#CC1(C(O)c2cc3ccccc3o2)CCC1. The fourth-order valence-corrected chi connectivity index (χ4v) is 2.41. The van der Waals surface area contributed by atoms with Crippen LogP contribution < -0.4 is 0 Å². The van der Waals surface area contributed by atoms with Crippen molar-refractivity contribution in [3.63, 3.8) is 0 Å². The summed E-state index contributed by atoms with van der Waals surface area (Å²) in [6.45, 7) is 0. The first-order chi connectivity index (χ1) is 8.25. The van der Waals surface area contributed by atoms with Crippen LogP contribution >= 0.6 is 0 Å². The van der Waals surface area contributed by atoms with Gasteiger partial charge in [0.25, 0.3) is 0 Å². The summed E-state index contributed by atoms with van der Waals surface area (Å²) in [6, 6.07) is 11.7. The minimum absolute atomic E-state index is 0.507. The first-order valence-electron chi connectivity index (χ1n) is 5.83. The number of furan rings is 1. The van der Waals surface area contributed by atoms with E-state index in [-0.39, 0.29) is 0 Å². The van der Waals surface area contributed by atoms with Crippen LogP contribution in [-0.4, -0.2) is 5.11 Å². The van der Waals surface area contributed by atoms with Crippen LogP contribution in [-0.2, 0) is 0 Å². The van der Waals surface area contributed by atoms with Gasteiger partial charge in [0.15, 0.2) is 0 Å². The molecule has 0 aliphatic heterocycles. The highest BCUT2D eigenvalue weighted by Crippen LogP contribution is 2.50. The van der Waals surface area contributed by atoms with Crippen LogP contribution in [0.3, 0.4) is 0 Å². The Morgan fingerprint density at radius 1 is 1.35 bits per heavy atom. The fraction of sp³-hybridized carbons (Fsp3) is 0.357. The van der Waals surface area contributed by atoms with Gasteiger partial charge in [-0.25, -0.2) is 0 Å². The second-order valence-electron chi connectivity index (χ2n) is 4.71. The minimum Gasteiger partial charge on any atom is -0.458 e. The number of aliphatic hydroxyl groups excluding tert-OH is 1. The largest absolute Gasteiger partial charge is 0.458 e. The maximum atomic E-state index is 10.3. The van der Waals surface area contributed by atoms with Crippen molar-refractivity contribution in [1.82, 2.24) is 0 Å². The van der Waals surface area contributed by atoms with E-state index in [9.17, 15) is 10.4 Å². The molecule has 1 atom stereocenters. The molecule has 2 aromatic rings. The average molecular weight is 227 g/mol. The molecular weight excluding hydrogens is 214 g/mol. The van der Waals surface area contributed by atoms with Crippen molar-refractivity contribution in [3.8, 4) is 6.07 Å². The molecule has 0 bridgehead atoms. The molecule has 1 aliphatic carbocycles. The molecule has 3 rings (SSSR count). The highest BCUT2D eigenvalue weighted by molar-refractivity contribution is 5.77. The Morgan fingerprint density at radius 3 is 2.71 bits per heavy atom. The Hall–Kier alpha value is -1.79. The normalized spacial score (nSPS) is 19.5. The monoisotopic (exact) mass is 227 g/mol. The van der Waals surface area contributed by atoms with E-state index in [1.54, 1.807) is 0 Å². The standard InChI is InChI=1S/C14H13NO2/c15-9-14(6-3-7-14)13(16)12-8-10-4-1-2-5-11(10)17-12/h1-2,4-5,8,13,16H,3,6-7H2. The van der Waals surface area contributed by atoms with Crippen molar-refractivity contribution < 1.29 is 9.52 Å². The summed E-state index contributed by atoms with van der Waals surface area (Å²) in [5.41, 5.74) is 0.127. The van der Waals surface area contributed by atoms with E-state index >= 15 is 0 Å². The zero-order valence-electron chi connectivity index (χ0n) is 9.39. The summed E-state index contributed by atoms with van der Waals surface area (Å²) >= 11 is 0. The van der Waals surface area contributed by atoms with Gasteiger partial charge in [0.05, 0.1) is 11.5 Å². The van der Waals surface area contributed by atoms with Crippen LogP contribution in [0.2, 0.25) is 0 Å². The Labute approximate surface area is 99.3 Å². The molecule has 0 saturated heterocycles. The smallest absolute Gasteiger partial charge is 0.135 e. The summed E-state index contributed by atoms with van der Waals surface area (Å²) in [5.74, 6) is 0.507. The maximum absolute atomic E-state index is 10.3. The minimum atomic E-state index is -0.811. The molecule has 1 unspecified atom stereocenters. The van der Waals surface area contributed by atoms with E-state index in [0.717, 1.165) is 30.2 Å². The molecule has 0 spiro atoms. The molecule has 0 amide bonds. The Kier molecular flexibility index (Phi) is 2.20. The number of nitriles is 1. The van der Waals surface area contributed by atoms with Gasteiger partial charge in [-0.15, -0.1) is 0 Å². The molecule has 3 nitrogen and oxygen atoms in total. The summed E-state index contributed by atoms with van der Waals surface area (Å²) < 4.78 is 5.61. The van der Waals surface area contributed by atoms with Crippen LogP contribution in [0.25, 0.3) is 11.0 Å². The quantitative estimate of drug-likeness (QED) is 0.857. The topological polar surface area (TPSA) is 57.2 Å². The number of hydrogen-bond acceptors (Lipinski definition) is 3. The number of nitrogens with zero attached hydrogens (tertiary/aromatic N) is 1. The highest BCUT2D eigenvalue weighted by atomic mass is 16.4. The molecule has 1 aromatic heterocycles. The van der Waals surface area contributed by atoms with Crippen molar-refractivity contribution >= 4 is 11.0 Å². The van der Waals surface area contributed by atoms with Gasteiger partial charge < -0.3 is 9.52 Å². The molecule has 1 aromatic carbocycles. The van der Waals surface area contributed by atoms with E-state index in [2.05, 4.69) is 6.07 Å². The summed E-state index contributed by atoms with van der Waals surface area (Å²) in [5, 5.41) is 20.4. The zero-order chi connectivity index (χ0) is 11.9. The number of hydrogen-bond donors (Lipinski definition) is 1. The third kappa shape index (κ3) is 1.45. The number of aliphatic hydroxyl groups is 1. The number of rotatable bonds is 2. The van der Waals surface area contributed by atoms with E-state index in [1.165, 1.54) is 0 Å². The number of benzene rings is 1. The predicted molar refractivity (Wildman–Crippen MR) is 63.1 cm³/mol. The molecular formula is C14H13NO2. The van der Waals surface area contributed by atoms with Crippen LogP contribution in [0.1, 0.15) is 31.1 Å². The Balaban J connectivity index is 2.01. The molecule has 1 heterocycles. The molecule has 17 heavy (non-hydrogen) atoms. The van der Waals surface area contributed by atoms with Gasteiger partial charge in [-0.1, -0.05) is 24.6 Å². The Bertz CT molecular complexity index is 557. The third-order valence-electron chi connectivity index (χ3n) is 3.71. The van der Waals surface area contributed by atoms with Gasteiger partial charge in [0.2, 0.25) is 0 Å². The van der Waals surface area contributed by atoms with Gasteiger partial charge in [0.1, 0.15) is 17.4 Å². The average Bonchev–Trinajstić information content (AvgIpc) is 2.71. The molecule has 1 fully saturated rings. The Morgan fingerprint density at radius 2 is 2.12 bits per heavy atom. The van der Waals surface area contributed by atoms with Gasteiger partial charge >= 0.3 is 0 Å². The molecule has 1 aliphatic rings. The van der Waals surface area contributed by atoms with Crippen molar-refractivity contribution in [2.24, 2.45) is 5.41 Å². The fourth-order valence-electron chi connectivity index (χ4n) is 2.41. The highest BCUT2D eigenvalue weighted by Gasteiger charge is 2.46. The van der Waals surface area contributed by atoms with Crippen molar-refractivity contribution in [1.29, 1.82) is 5.26 Å². The molecule has 1 N–H and O–H groups in total. The van der Waals surface area contributed by atoms with Crippen molar-refractivity contribution in [2.45, 2.75) is 25.4 Å². The molecule has 1 saturated carbocycles. The van der Waals surface area contributed by atoms with Crippen LogP contribution in [0.15, 0.2) is 34.7 Å². The zero-order valence-corrected chi connectivity index (χ0v) is 9.39. The van der Waals surface area contributed by atoms with Crippen molar-refractivity contribution in [3.05, 3.63) is 36.1 Å². The first-order valence-corrected chi connectivity index (χ1v) is 5.83. The van der Waals surface area contributed by atoms with Gasteiger partial charge in [-0.3, -0.25) is 0 Å². The molecule has 3 heteroatoms. The summed E-state index contributed by atoms with van der Waals surface area (Å²) in [6.07, 6.45) is 1.70. The lowest BCUT2D eigenvalue weighted by molar-refractivity contribution is -0.00537. The lowest BCUT2D eigenvalue weighted by atomic mass is 9.65. The number of fused-ring (bicyclic) bond motifs is 1. The van der Waals surface area contributed by atoms with E-state index in [4.69, 9.17) is 4.42 Å². The lowest BCUT2D eigenvalue weighted by Crippen LogP contribution is -2.34. The molecule has 86 valence electrons. The van der Waals surface area contributed by atoms with Crippen LogP contribution in [0.5, 0.6) is 0 Å². The van der Waals surface area contributed by atoms with Crippen LogP contribution in [0, 0.1) is 16.7 Å². The van der Waals surface area contributed by atoms with E-state index in [0.29, 0.717) is 5.76 Å². The van der Waals surface area contributed by atoms with E-state index in [1.807, 2.05) is 30.3 Å².